The minimum Gasteiger partial charge on any atom is -0.497 e. The Hall–Kier alpha value is -1.68. The third-order valence-electron chi connectivity index (χ3n) is 4.10. The van der Waals surface area contributed by atoms with Gasteiger partial charge in [0.25, 0.3) is 0 Å². The number of piperazine rings is 1. The summed E-state index contributed by atoms with van der Waals surface area (Å²) in [6.45, 7) is 6.47. The number of hydrogen-bond acceptors (Lipinski definition) is 3. The second-order valence-electron chi connectivity index (χ2n) is 5.11. The maximum absolute atomic E-state index is 5.33. The van der Waals surface area contributed by atoms with E-state index in [0.717, 1.165) is 31.9 Å². The normalized spacial score (nSPS) is 16.1. The fraction of sp³-hybridized carbons (Fsp3) is 0.467. The van der Waals surface area contributed by atoms with Crippen LogP contribution in [-0.4, -0.2) is 37.9 Å². The van der Waals surface area contributed by atoms with Crippen LogP contribution in [0.2, 0.25) is 0 Å². The van der Waals surface area contributed by atoms with Crippen LogP contribution in [0.15, 0.2) is 18.2 Å². The number of aromatic nitrogens is 1. The van der Waals surface area contributed by atoms with Crippen molar-refractivity contribution in [2.24, 2.45) is 7.05 Å². The first-order valence-corrected chi connectivity index (χ1v) is 6.81. The molecule has 19 heavy (non-hydrogen) atoms. The Balaban J connectivity index is 2.15. The zero-order chi connectivity index (χ0) is 13.4. The summed E-state index contributed by atoms with van der Waals surface area (Å²) in [5.74, 6) is 0.917. The molecule has 0 amide bonds. The summed E-state index contributed by atoms with van der Waals surface area (Å²) >= 11 is 0. The van der Waals surface area contributed by atoms with Crippen molar-refractivity contribution >= 4 is 16.6 Å². The van der Waals surface area contributed by atoms with Crippen molar-refractivity contribution in [3.8, 4) is 5.75 Å². The van der Waals surface area contributed by atoms with Gasteiger partial charge in [0, 0.05) is 50.4 Å². The van der Waals surface area contributed by atoms with E-state index >= 15 is 0 Å². The Morgan fingerprint density at radius 1 is 1.21 bits per heavy atom. The third-order valence-corrected chi connectivity index (χ3v) is 4.10. The molecular weight excluding hydrogens is 238 g/mol. The summed E-state index contributed by atoms with van der Waals surface area (Å²) in [6.07, 6.45) is 0. The highest BCUT2D eigenvalue weighted by atomic mass is 16.5. The molecule has 4 nitrogen and oxygen atoms in total. The predicted molar refractivity (Wildman–Crippen MR) is 79.3 cm³/mol. The van der Waals surface area contributed by atoms with Crippen LogP contribution in [-0.2, 0) is 7.05 Å². The van der Waals surface area contributed by atoms with Crippen LogP contribution in [0, 0.1) is 6.92 Å². The summed E-state index contributed by atoms with van der Waals surface area (Å²) in [6, 6.07) is 6.35. The average Bonchev–Trinajstić information content (AvgIpc) is 2.71. The lowest BCUT2D eigenvalue weighted by Gasteiger charge is -2.29. The monoisotopic (exact) mass is 259 g/mol. The Kier molecular flexibility index (Phi) is 3.11. The van der Waals surface area contributed by atoms with Gasteiger partial charge in [0.15, 0.2) is 0 Å². The van der Waals surface area contributed by atoms with Gasteiger partial charge in [0.05, 0.1) is 18.3 Å². The zero-order valence-corrected chi connectivity index (χ0v) is 11.9. The Morgan fingerprint density at radius 2 is 1.95 bits per heavy atom. The molecule has 0 radical (unpaired) electrons. The van der Waals surface area contributed by atoms with Gasteiger partial charge in [0.1, 0.15) is 5.75 Å². The minimum absolute atomic E-state index is 0.917. The number of fused-ring (bicyclic) bond motifs is 1. The molecule has 0 spiro atoms. The fourth-order valence-electron chi connectivity index (χ4n) is 2.94. The largest absolute Gasteiger partial charge is 0.497 e. The first-order chi connectivity index (χ1) is 9.22. The molecule has 4 heteroatoms. The quantitative estimate of drug-likeness (QED) is 0.893. The molecule has 3 rings (SSSR count). The predicted octanol–water partition coefficient (Wildman–Crippen LogP) is 1.90. The SMILES string of the molecule is COc1ccc2c(N3CCNCC3)c(C)n(C)c2c1. The molecule has 0 aliphatic carbocycles. The number of ether oxygens (including phenoxy) is 1. The standard InChI is InChI=1S/C15H21N3O/c1-11-15(18-8-6-16-7-9-18)13-5-4-12(19-3)10-14(13)17(11)2/h4-5,10,16H,6-9H2,1-3H3. The number of methoxy groups -OCH3 is 1. The topological polar surface area (TPSA) is 29.4 Å². The smallest absolute Gasteiger partial charge is 0.120 e. The molecule has 2 aromatic rings. The van der Waals surface area contributed by atoms with Crippen molar-refractivity contribution in [1.29, 1.82) is 0 Å². The van der Waals surface area contributed by atoms with E-state index in [4.69, 9.17) is 4.74 Å². The molecule has 0 saturated carbocycles. The highest BCUT2D eigenvalue weighted by Crippen LogP contribution is 2.35. The highest BCUT2D eigenvalue weighted by molar-refractivity contribution is 5.96. The molecule has 0 bridgehead atoms. The van der Waals surface area contributed by atoms with Crippen LogP contribution >= 0.6 is 0 Å². The summed E-state index contributed by atoms with van der Waals surface area (Å²) in [4.78, 5) is 2.49. The van der Waals surface area contributed by atoms with E-state index in [1.807, 2.05) is 6.07 Å². The van der Waals surface area contributed by atoms with E-state index < -0.39 is 0 Å². The molecule has 1 aromatic heterocycles. The molecule has 1 N–H and O–H groups in total. The lowest BCUT2D eigenvalue weighted by Crippen LogP contribution is -2.43. The Morgan fingerprint density at radius 3 is 2.63 bits per heavy atom. The second kappa shape index (κ2) is 4.78. The van der Waals surface area contributed by atoms with E-state index in [9.17, 15) is 0 Å². The van der Waals surface area contributed by atoms with Gasteiger partial charge in [-0.3, -0.25) is 0 Å². The van der Waals surface area contributed by atoms with Gasteiger partial charge < -0.3 is 19.5 Å². The van der Waals surface area contributed by atoms with E-state index in [1.165, 1.54) is 22.3 Å². The Labute approximate surface area is 114 Å². The number of hydrogen-bond donors (Lipinski definition) is 1. The van der Waals surface area contributed by atoms with Crippen molar-refractivity contribution in [2.75, 3.05) is 38.2 Å². The van der Waals surface area contributed by atoms with Crippen LogP contribution in [0.25, 0.3) is 10.9 Å². The summed E-state index contributed by atoms with van der Waals surface area (Å²) in [5, 5.41) is 4.73. The molecule has 1 saturated heterocycles. The molecule has 102 valence electrons. The van der Waals surface area contributed by atoms with Crippen LogP contribution in [0.1, 0.15) is 5.69 Å². The van der Waals surface area contributed by atoms with Crippen molar-refractivity contribution in [1.82, 2.24) is 9.88 Å². The minimum atomic E-state index is 0.917. The lowest BCUT2D eigenvalue weighted by atomic mass is 10.2. The molecule has 1 fully saturated rings. The van der Waals surface area contributed by atoms with Gasteiger partial charge >= 0.3 is 0 Å². The first kappa shape index (κ1) is 12.4. The van der Waals surface area contributed by atoms with Gasteiger partial charge in [0.2, 0.25) is 0 Å². The van der Waals surface area contributed by atoms with Gasteiger partial charge in [-0.05, 0) is 19.1 Å². The molecule has 0 atom stereocenters. The number of rotatable bonds is 2. The highest BCUT2D eigenvalue weighted by Gasteiger charge is 2.19. The summed E-state index contributed by atoms with van der Waals surface area (Å²) in [5.41, 5.74) is 3.94. The van der Waals surface area contributed by atoms with Crippen molar-refractivity contribution in [2.45, 2.75) is 6.92 Å². The average molecular weight is 259 g/mol. The van der Waals surface area contributed by atoms with Gasteiger partial charge in [-0.15, -0.1) is 0 Å². The van der Waals surface area contributed by atoms with E-state index in [1.54, 1.807) is 7.11 Å². The van der Waals surface area contributed by atoms with Crippen molar-refractivity contribution in [3.63, 3.8) is 0 Å². The number of benzene rings is 1. The van der Waals surface area contributed by atoms with Crippen LogP contribution in [0.5, 0.6) is 5.75 Å². The molecule has 1 aliphatic heterocycles. The van der Waals surface area contributed by atoms with E-state index in [-0.39, 0.29) is 0 Å². The second-order valence-corrected chi connectivity index (χ2v) is 5.11. The number of nitrogens with one attached hydrogen (secondary N) is 1. The van der Waals surface area contributed by atoms with E-state index in [0.29, 0.717) is 0 Å². The number of anilines is 1. The summed E-state index contributed by atoms with van der Waals surface area (Å²) < 4.78 is 7.59. The maximum atomic E-state index is 5.33. The molecule has 1 aromatic carbocycles. The van der Waals surface area contributed by atoms with Gasteiger partial charge in [-0.1, -0.05) is 0 Å². The molecule has 0 unspecified atom stereocenters. The zero-order valence-electron chi connectivity index (χ0n) is 11.9. The van der Waals surface area contributed by atoms with Crippen LogP contribution in [0.4, 0.5) is 5.69 Å². The third kappa shape index (κ3) is 1.96. The number of nitrogens with zero attached hydrogens (tertiary/aromatic N) is 2. The molecular formula is C15H21N3O. The fourth-order valence-corrected chi connectivity index (χ4v) is 2.94. The van der Waals surface area contributed by atoms with Gasteiger partial charge in [-0.2, -0.15) is 0 Å². The van der Waals surface area contributed by atoms with Crippen molar-refractivity contribution in [3.05, 3.63) is 23.9 Å². The molecule has 2 heterocycles. The van der Waals surface area contributed by atoms with Crippen molar-refractivity contribution < 1.29 is 4.74 Å². The maximum Gasteiger partial charge on any atom is 0.120 e. The molecule has 1 aliphatic rings. The summed E-state index contributed by atoms with van der Waals surface area (Å²) in [7, 11) is 3.84. The van der Waals surface area contributed by atoms with E-state index in [2.05, 4.69) is 40.9 Å². The van der Waals surface area contributed by atoms with Gasteiger partial charge in [-0.25, -0.2) is 0 Å². The first-order valence-electron chi connectivity index (χ1n) is 6.81. The Bertz CT molecular complexity index is 597. The lowest BCUT2D eigenvalue weighted by molar-refractivity contribution is 0.415. The van der Waals surface area contributed by atoms with Crippen LogP contribution in [0.3, 0.4) is 0 Å². The number of aryl methyl sites for hydroxylation is 1. The van der Waals surface area contributed by atoms with Crippen LogP contribution < -0.4 is 15.0 Å².